The number of esters is 1. The first-order valence-corrected chi connectivity index (χ1v) is 21.7. The lowest BCUT2D eigenvalue weighted by molar-refractivity contribution is -0.151. The number of rotatable bonds is 21. The first-order valence-electron chi connectivity index (χ1n) is 21.7. The molecule has 0 aromatic carbocycles. The van der Waals surface area contributed by atoms with Gasteiger partial charge in [-0.2, -0.15) is 0 Å². The average molecular weight is 665 g/mol. The van der Waals surface area contributed by atoms with Crippen LogP contribution < -0.4 is 0 Å². The molecule has 0 radical (unpaired) electrons. The fourth-order valence-electron chi connectivity index (χ4n) is 11.6. The van der Waals surface area contributed by atoms with E-state index in [4.69, 9.17) is 4.74 Å². The number of fused-ring (bicyclic) bond motifs is 5. The Kier molecular flexibility index (Phi) is 16.2. The third-order valence-electron chi connectivity index (χ3n) is 14.8. The second kappa shape index (κ2) is 19.5. The van der Waals surface area contributed by atoms with Gasteiger partial charge in [0, 0.05) is 12.8 Å². The normalized spacial score (nSPS) is 32.8. The highest BCUT2D eigenvalue weighted by atomic mass is 16.5. The molecule has 2 heteroatoms. The quantitative estimate of drug-likeness (QED) is 0.0693. The molecule has 4 rings (SSSR count). The van der Waals surface area contributed by atoms with Gasteiger partial charge in [-0.15, -0.1) is 0 Å². The highest BCUT2D eigenvalue weighted by Gasteiger charge is 2.59. The van der Waals surface area contributed by atoms with Crippen molar-refractivity contribution in [1.82, 2.24) is 0 Å². The summed E-state index contributed by atoms with van der Waals surface area (Å²) in [5.41, 5.74) is 2.45. The number of hydrogen-bond donors (Lipinski definition) is 0. The highest BCUT2D eigenvalue weighted by molar-refractivity contribution is 5.69. The number of carbonyl (C=O) groups is 1. The molecule has 0 spiro atoms. The smallest absolute Gasteiger partial charge is 0.306 e. The molecule has 4 aliphatic rings. The molecule has 276 valence electrons. The number of hydrogen-bond acceptors (Lipinski definition) is 2. The van der Waals surface area contributed by atoms with E-state index in [9.17, 15) is 4.79 Å². The fraction of sp³-hybridized carbons (Fsp3) is 0.891. The lowest BCUT2D eigenvalue weighted by Crippen LogP contribution is -2.51. The first-order chi connectivity index (χ1) is 23.1. The summed E-state index contributed by atoms with van der Waals surface area (Å²) < 4.78 is 6.14. The van der Waals surface area contributed by atoms with Crippen LogP contribution in [0, 0.1) is 52.3 Å². The number of unbranched alkanes of at least 4 members (excludes halogenated alkanes) is 13. The Labute approximate surface area is 299 Å². The van der Waals surface area contributed by atoms with Crippen LogP contribution in [0.1, 0.15) is 203 Å². The third kappa shape index (κ3) is 10.3. The van der Waals surface area contributed by atoms with Gasteiger partial charge in [-0.25, -0.2) is 0 Å². The topological polar surface area (TPSA) is 26.3 Å². The van der Waals surface area contributed by atoms with E-state index in [2.05, 4.69) is 66.7 Å². The van der Waals surface area contributed by atoms with Gasteiger partial charge in [0.05, 0.1) is 0 Å². The highest BCUT2D eigenvalue weighted by Crippen LogP contribution is 2.67. The first kappa shape index (κ1) is 39.7. The summed E-state index contributed by atoms with van der Waals surface area (Å²) in [5.74, 6) is 5.56. The molecule has 0 amide bonds. The summed E-state index contributed by atoms with van der Waals surface area (Å²) in [6.45, 7) is 17.2. The van der Waals surface area contributed by atoms with Crippen molar-refractivity contribution in [2.45, 2.75) is 209 Å². The standard InChI is InChI=1S/C46H80O2/c1-8-10-11-12-13-14-15-16-17-18-19-20-21-22-23-44(47)48-39-30-32-45(6)38(34-39)26-27-40-42-29-28-41(46(42,7)33-31-43(40)45)36(5)24-25-37(9-2)35(3)4/h24-26,35-37,39-43H,8-23,27-34H2,1-7H3/b25-24+. The van der Waals surface area contributed by atoms with Crippen LogP contribution in [0.15, 0.2) is 23.8 Å². The van der Waals surface area contributed by atoms with E-state index in [1.165, 1.54) is 128 Å². The maximum atomic E-state index is 12.8. The van der Waals surface area contributed by atoms with Crippen LogP contribution in [0.25, 0.3) is 0 Å². The molecule has 0 bridgehead atoms. The Bertz CT molecular complexity index is 1010. The number of allylic oxidation sites excluding steroid dienone is 3. The molecule has 3 fully saturated rings. The average Bonchev–Trinajstić information content (AvgIpc) is 3.42. The summed E-state index contributed by atoms with van der Waals surface area (Å²) >= 11 is 0. The van der Waals surface area contributed by atoms with Crippen LogP contribution in [-0.2, 0) is 9.53 Å². The minimum absolute atomic E-state index is 0.0593. The van der Waals surface area contributed by atoms with Crippen molar-refractivity contribution in [2.75, 3.05) is 0 Å². The lowest BCUT2D eigenvalue weighted by atomic mass is 9.47. The van der Waals surface area contributed by atoms with E-state index in [1.54, 1.807) is 5.57 Å². The minimum Gasteiger partial charge on any atom is -0.462 e. The van der Waals surface area contributed by atoms with Crippen molar-refractivity contribution in [2.24, 2.45) is 52.3 Å². The van der Waals surface area contributed by atoms with E-state index in [1.807, 2.05) is 0 Å². The van der Waals surface area contributed by atoms with Gasteiger partial charge in [0.15, 0.2) is 0 Å². The van der Waals surface area contributed by atoms with Gasteiger partial charge < -0.3 is 4.74 Å². The van der Waals surface area contributed by atoms with Crippen molar-refractivity contribution >= 4 is 5.97 Å². The van der Waals surface area contributed by atoms with Gasteiger partial charge in [0.25, 0.3) is 0 Å². The molecular formula is C46H80O2. The predicted molar refractivity (Wildman–Crippen MR) is 207 cm³/mol. The Balaban J connectivity index is 1.15. The van der Waals surface area contributed by atoms with Crippen LogP contribution in [-0.4, -0.2) is 12.1 Å². The maximum absolute atomic E-state index is 12.8. The van der Waals surface area contributed by atoms with Gasteiger partial charge in [0.1, 0.15) is 6.10 Å². The molecule has 0 aliphatic heterocycles. The molecule has 0 aromatic heterocycles. The zero-order chi connectivity index (χ0) is 34.6. The Morgan fingerprint density at radius 3 is 2.02 bits per heavy atom. The SMILES string of the molecule is CCCCCCCCCCCCCCCCC(=O)OC1CCC2(C)C(=CCC3C2CCC2(C)C(C(C)/C=C/C(CC)C(C)C)CCC32)C1. The molecule has 2 nitrogen and oxygen atoms in total. The van der Waals surface area contributed by atoms with E-state index >= 15 is 0 Å². The van der Waals surface area contributed by atoms with Crippen LogP contribution in [0.5, 0.6) is 0 Å². The van der Waals surface area contributed by atoms with Gasteiger partial charge in [-0.3, -0.25) is 4.79 Å². The van der Waals surface area contributed by atoms with E-state index in [0.717, 1.165) is 48.9 Å². The van der Waals surface area contributed by atoms with Crippen LogP contribution in [0.2, 0.25) is 0 Å². The van der Waals surface area contributed by atoms with Crippen molar-refractivity contribution in [3.63, 3.8) is 0 Å². The van der Waals surface area contributed by atoms with E-state index in [0.29, 0.717) is 29.1 Å². The molecule has 0 saturated heterocycles. The Morgan fingerprint density at radius 2 is 1.42 bits per heavy atom. The lowest BCUT2D eigenvalue weighted by Gasteiger charge is -2.58. The van der Waals surface area contributed by atoms with Crippen molar-refractivity contribution in [3.05, 3.63) is 23.8 Å². The van der Waals surface area contributed by atoms with Crippen molar-refractivity contribution in [3.8, 4) is 0 Å². The molecule has 9 unspecified atom stereocenters. The molecule has 48 heavy (non-hydrogen) atoms. The summed E-state index contributed by atoms with van der Waals surface area (Å²) in [5, 5.41) is 0. The largest absolute Gasteiger partial charge is 0.462 e. The van der Waals surface area contributed by atoms with Gasteiger partial charge in [0.2, 0.25) is 0 Å². The van der Waals surface area contributed by atoms with Crippen LogP contribution in [0.3, 0.4) is 0 Å². The van der Waals surface area contributed by atoms with Crippen LogP contribution >= 0.6 is 0 Å². The minimum atomic E-state index is 0.0593. The van der Waals surface area contributed by atoms with Crippen molar-refractivity contribution < 1.29 is 9.53 Å². The summed E-state index contributed by atoms with van der Waals surface area (Å²) in [6, 6.07) is 0. The second-order valence-electron chi connectivity index (χ2n) is 18.2. The number of carbonyl (C=O) groups excluding carboxylic acids is 1. The number of ether oxygens (including phenoxy) is 1. The molecule has 9 atom stereocenters. The van der Waals surface area contributed by atoms with Crippen LogP contribution in [0.4, 0.5) is 0 Å². The zero-order valence-electron chi connectivity index (χ0n) is 33.1. The molecule has 3 saturated carbocycles. The predicted octanol–water partition coefficient (Wildman–Crippen LogP) is 14.2. The summed E-state index contributed by atoms with van der Waals surface area (Å²) in [6.07, 6.45) is 38.8. The monoisotopic (exact) mass is 665 g/mol. The van der Waals surface area contributed by atoms with E-state index in [-0.39, 0.29) is 12.1 Å². The second-order valence-corrected chi connectivity index (χ2v) is 18.2. The molecule has 0 heterocycles. The Hall–Kier alpha value is -1.05. The molecule has 0 aromatic rings. The zero-order valence-corrected chi connectivity index (χ0v) is 33.1. The summed E-state index contributed by atoms with van der Waals surface area (Å²) in [4.78, 5) is 12.8. The summed E-state index contributed by atoms with van der Waals surface area (Å²) in [7, 11) is 0. The van der Waals surface area contributed by atoms with E-state index < -0.39 is 0 Å². The van der Waals surface area contributed by atoms with Gasteiger partial charge in [-0.05, 0) is 110 Å². The molecule has 0 N–H and O–H groups in total. The molecule has 4 aliphatic carbocycles. The van der Waals surface area contributed by atoms with Gasteiger partial charge in [-0.1, -0.05) is 156 Å². The molecular weight excluding hydrogens is 585 g/mol. The van der Waals surface area contributed by atoms with Crippen molar-refractivity contribution in [1.29, 1.82) is 0 Å². The third-order valence-corrected chi connectivity index (χ3v) is 14.8. The fourth-order valence-corrected chi connectivity index (χ4v) is 11.6. The Morgan fingerprint density at radius 1 is 0.792 bits per heavy atom. The van der Waals surface area contributed by atoms with Gasteiger partial charge >= 0.3 is 5.97 Å². The maximum Gasteiger partial charge on any atom is 0.306 e.